The minimum atomic E-state index is -2.65. The van der Waals surface area contributed by atoms with Crippen LogP contribution in [0.1, 0.15) is 18.1 Å². The fourth-order valence-electron chi connectivity index (χ4n) is 2.89. The minimum absolute atomic E-state index is 0.416. The molecule has 0 aliphatic rings. The summed E-state index contributed by atoms with van der Waals surface area (Å²) in [5.74, 6) is 0.840. The average Bonchev–Trinajstić information content (AvgIpc) is 3.01. The molecule has 0 aliphatic carbocycles. The molecular weight excluding hydrogens is 352 g/mol. The van der Waals surface area contributed by atoms with Crippen LogP contribution in [0.3, 0.4) is 0 Å². The van der Waals surface area contributed by atoms with E-state index in [4.69, 9.17) is 0 Å². The number of fused-ring (bicyclic) bond motifs is 1. The van der Waals surface area contributed by atoms with Crippen molar-refractivity contribution in [3.8, 4) is 0 Å². The third kappa shape index (κ3) is 3.85. The van der Waals surface area contributed by atoms with E-state index in [0.29, 0.717) is 6.54 Å². The van der Waals surface area contributed by atoms with Gasteiger partial charge in [0.2, 0.25) is 10.9 Å². The Labute approximate surface area is 153 Å². The lowest BCUT2D eigenvalue weighted by Gasteiger charge is -2.22. The molecule has 0 radical (unpaired) electrons. The van der Waals surface area contributed by atoms with E-state index in [-0.39, 0.29) is 0 Å². The summed E-state index contributed by atoms with van der Waals surface area (Å²) in [5.41, 5.74) is 7.79. The molecule has 138 valence electrons. The predicted octanol–water partition coefficient (Wildman–Crippen LogP) is 1.42. The van der Waals surface area contributed by atoms with Gasteiger partial charge >= 0.3 is 0 Å². The van der Waals surface area contributed by atoms with Gasteiger partial charge in [-0.15, -0.1) is 0 Å². The van der Waals surface area contributed by atoms with Crippen LogP contribution < -0.4 is 15.2 Å². The molecule has 26 heavy (non-hydrogen) atoms. The highest BCUT2D eigenvalue weighted by molar-refractivity contribution is 7.70. The minimum Gasteiger partial charge on any atom is -0.334 e. The second-order valence-electron chi connectivity index (χ2n) is 5.98. The summed E-state index contributed by atoms with van der Waals surface area (Å²) in [6.45, 7) is 2.51. The molecule has 0 fully saturated rings. The van der Waals surface area contributed by atoms with Gasteiger partial charge in [0.05, 0.1) is 18.0 Å². The van der Waals surface area contributed by atoms with Gasteiger partial charge in [-0.3, -0.25) is 0 Å². The molecule has 3 aromatic rings. The number of rotatable bonds is 7. The highest BCUT2D eigenvalue weighted by Crippen LogP contribution is 2.28. The van der Waals surface area contributed by atoms with Crippen molar-refractivity contribution in [2.24, 2.45) is 7.05 Å². The van der Waals surface area contributed by atoms with Crippen molar-refractivity contribution >= 4 is 33.4 Å². The van der Waals surface area contributed by atoms with Crippen LogP contribution in [0.15, 0.2) is 36.8 Å². The number of anilines is 2. The van der Waals surface area contributed by atoms with Crippen LogP contribution in [0, 0.1) is 0 Å². The van der Waals surface area contributed by atoms with E-state index in [2.05, 4.69) is 38.1 Å². The molecule has 2 N–H and O–H groups in total. The highest BCUT2D eigenvalue weighted by Gasteiger charge is 2.12. The number of hydrogen-bond donors (Lipinski definition) is 3. The van der Waals surface area contributed by atoms with Crippen molar-refractivity contribution in [1.82, 2.24) is 24.8 Å². The lowest BCUT2D eigenvalue weighted by Crippen LogP contribution is -2.29. The van der Waals surface area contributed by atoms with E-state index >= 15 is 0 Å². The van der Waals surface area contributed by atoms with Crippen LogP contribution in [0.4, 0.5) is 11.5 Å². The van der Waals surface area contributed by atoms with E-state index in [1.807, 2.05) is 36.9 Å². The van der Waals surface area contributed by atoms with Gasteiger partial charge in [0, 0.05) is 32.4 Å². The number of pyridine rings is 1. The van der Waals surface area contributed by atoms with Crippen molar-refractivity contribution < 1.29 is 8.42 Å². The van der Waals surface area contributed by atoms with E-state index in [1.165, 1.54) is 0 Å². The lowest BCUT2D eigenvalue weighted by molar-refractivity contribution is 0.574. The number of nitrogens with one attached hydrogen (secondary N) is 2. The molecule has 0 aliphatic heterocycles. The Kier molecular flexibility index (Phi) is 5.50. The van der Waals surface area contributed by atoms with E-state index in [9.17, 15) is 8.42 Å². The van der Waals surface area contributed by atoms with Gasteiger partial charge in [-0.25, -0.2) is 23.8 Å². The quantitative estimate of drug-likeness (QED) is 0.428. The summed E-state index contributed by atoms with van der Waals surface area (Å²) in [6.07, 6.45) is 4.41. The number of imidazole rings is 1. The summed E-state index contributed by atoms with van der Waals surface area (Å²) in [7, 11) is 1.29. The number of nitrogens with zero attached hydrogens (tertiary/aromatic N) is 4. The van der Waals surface area contributed by atoms with Crippen LogP contribution in [-0.4, -0.2) is 30.0 Å². The van der Waals surface area contributed by atoms with Gasteiger partial charge in [0.15, 0.2) is 0 Å². The second-order valence-corrected chi connectivity index (χ2v) is 6.72. The Morgan fingerprint density at radius 3 is 2.77 bits per heavy atom. The number of hydrazine groups is 1. The Morgan fingerprint density at radius 1 is 1.23 bits per heavy atom. The van der Waals surface area contributed by atoms with Gasteiger partial charge in [-0.2, -0.15) is 4.83 Å². The van der Waals surface area contributed by atoms with Gasteiger partial charge in [0.1, 0.15) is 11.3 Å². The molecule has 1 aromatic carbocycles. The Morgan fingerprint density at radius 2 is 2.04 bits per heavy atom. The molecule has 2 heterocycles. The summed E-state index contributed by atoms with van der Waals surface area (Å²) < 4.78 is 23.1. The second kappa shape index (κ2) is 7.81. The van der Waals surface area contributed by atoms with Crippen LogP contribution in [0.5, 0.6) is 0 Å². The van der Waals surface area contributed by atoms with Gasteiger partial charge in [-0.05, 0) is 23.6 Å². The molecule has 0 bridgehead atoms. The molecule has 0 unspecified atom stereocenters. The standard InChI is InChI=1S/C17H22N6O2S/c1-4-13-7-12(9-20-21-26(24)25)5-6-15(13)23(3)17-8-16-14(10-18-17)19-11-22(16)2/h5-8,10-11,20,26H,4,9H2,1-3H3,(H,21,24,25). The van der Waals surface area contributed by atoms with Crippen molar-refractivity contribution in [3.05, 3.63) is 47.9 Å². The SMILES string of the molecule is CCc1cc(CNN[SH](=O)=O)ccc1N(C)c1cc2c(cn1)ncn2C. The zero-order valence-corrected chi connectivity index (χ0v) is 15.8. The van der Waals surface area contributed by atoms with Crippen LogP contribution >= 0.6 is 0 Å². The first-order chi connectivity index (χ1) is 12.5. The van der Waals surface area contributed by atoms with Gasteiger partial charge in [-0.1, -0.05) is 19.1 Å². The van der Waals surface area contributed by atoms with E-state index < -0.39 is 10.9 Å². The van der Waals surface area contributed by atoms with Crippen molar-refractivity contribution in [1.29, 1.82) is 0 Å². The molecule has 2 aromatic heterocycles. The topological polar surface area (TPSA) is 92.2 Å². The summed E-state index contributed by atoms with van der Waals surface area (Å²) in [5, 5.41) is 0. The largest absolute Gasteiger partial charge is 0.334 e. The van der Waals surface area contributed by atoms with Crippen LogP contribution in [0.25, 0.3) is 11.0 Å². The maximum atomic E-state index is 10.6. The number of benzene rings is 1. The molecular formula is C17H22N6O2S. The normalized spacial score (nSPS) is 11.4. The molecule has 0 amide bonds. The molecule has 9 heteroatoms. The average molecular weight is 374 g/mol. The van der Waals surface area contributed by atoms with Crippen LogP contribution in [0.2, 0.25) is 0 Å². The smallest absolute Gasteiger partial charge is 0.214 e. The molecule has 0 saturated heterocycles. The van der Waals surface area contributed by atoms with Gasteiger partial charge in [0.25, 0.3) is 0 Å². The van der Waals surface area contributed by atoms with Crippen molar-refractivity contribution in [2.75, 3.05) is 11.9 Å². The van der Waals surface area contributed by atoms with Gasteiger partial charge < -0.3 is 9.47 Å². The first-order valence-corrected chi connectivity index (χ1v) is 9.43. The first kappa shape index (κ1) is 18.3. The van der Waals surface area contributed by atoms with Crippen LogP contribution in [-0.2, 0) is 30.9 Å². The fourth-order valence-corrected chi connectivity index (χ4v) is 3.10. The Bertz CT molecular complexity index is 990. The molecule has 0 atom stereocenters. The van der Waals surface area contributed by atoms with Crippen molar-refractivity contribution in [2.45, 2.75) is 19.9 Å². The predicted molar refractivity (Wildman–Crippen MR) is 103 cm³/mol. The number of aromatic nitrogens is 3. The summed E-state index contributed by atoms with van der Waals surface area (Å²) in [6, 6.07) is 8.09. The number of hydrogen-bond acceptors (Lipinski definition) is 6. The lowest BCUT2D eigenvalue weighted by atomic mass is 10.1. The summed E-state index contributed by atoms with van der Waals surface area (Å²) >= 11 is 0. The molecule has 0 saturated carbocycles. The zero-order valence-electron chi connectivity index (χ0n) is 14.9. The van der Waals surface area contributed by atoms with Crippen molar-refractivity contribution in [3.63, 3.8) is 0 Å². The number of thiol groups is 1. The number of aryl methyl sites for hydroxylation is 2. The first-order valence-electron chi connectivity index (χ1n) is 8.25. The maximum absolute atomic E-state index is 10.6. The highest BCUT2D eigenvalue weighted by atomic mass is 32.2. The third-order valence-corrected chi connectivity index (χ3v) is 4.63. The Hall–Kier alpha value is -2.49. The summed E-state index contributed by atoms with van der Waals surface area (Å²) in [4.78, 5) is 13.1. The fraction of sp³-hybridized carbons (Fsp3) is 0.294. The monoisotopic (exact) mass is 374 g/mol. The third-order valence-electron chi connectivity index (χ3n) is 4.29. The van der Waals surface area contributed by atoms with E-state index in [0.717, 1.165) is 40.1 Å². The molecule has 3 rings (SSSR count). The van der Waals surface area contributed by atoms with E-state index in [1.54, 1.807) is 12.5 Å². The molecule has 0 spiro atoms. The molecule has 8 nitrogen and oxygen atoms in total. The Balaban J connectivity index is 1.87. The maximum Gasteiger partial charge on any atom is 0.214 e. The zero-order chi connectivity index (χ0) is 18.7.